The van der Waals surface area contributed by atoms with Gasteiger partial charge < -0.3 is 9.47 Å². The van der Waals surface area contributed by atoms with Gasteiger partial charge in [0.1, 0.15) is 0 Å². The van der Waals surface area contributed by atoms with Crippen molar-refractivity contribution in [1.82, 2.24) is 0 Å². The lowest BCUT2D eigenvalue weighted by atomic mass is 9.97. The second-order valence-electron chi connectivity index (χ2n) is 3.77. The normalized spacial score (nSPS) is 11.9. The third-order valence-electron chi connectivity index (χ3n) is 2.58. The highest BCUT2D eigenvalue weighted by Gasteiger charge is 2.09. The molecule has 0 spiro atoms. The van der Waals surface area contributed by atoms with Crippen molar-refractivity contribution >= 4 is 0 Å². The average molecular weight is 220 g/mol. The summed E-state index contributed by atoms with van der Waals surface area (Å²) in [6, 6.07) is 6.10. The number of rotatable bonds is 6. The van der Waals surface area contributed by atoms with E-state index in [0.717, 1.165) is 17.9 Å². The quantitative estimate of drug-likeness (QED) is 0.679. The Morgan fingerprint density at radius 2 is 2.12 bits per heavy atom. The van der Waals surface area contributed by atoms with E-state index in [1.54, 1.807) is 7.11 Å². The van der Waals surface area contributed by atoms with Crippen LogP contribution in [0.2, 0.25) is 0 Å². The van der Waals surface area contributed by atoms with E-state index < -0.39 is 0 Å². The maximum absolute atomic E-state index is 5.48. The zero-order chi connectivity index (χ0) is 12.0. The molecule has 0 saturated heterocycles. The van der Waals surface area contributed by atoms with Gasteiger partial charge in [0, 0.05) is 0 Å². The van der Waals surface area contributed by atoms with E-state index in [2.05, 4.69) is 19.6 Å². The summed E-state index contributed by atoms with van der Waals surface area (Å²) in [4.78, 5) is 0. The molecule has 1 atom stereocenters. The molecule has 1 rings (SSSR count). The summed E-state index contributed by atoms with van der Waals surface area (Å²) in [7, 11) is 1.67. The van der Waals surface area contributed by atoms with Gasteiger partial charge in [-0.2, -0.15) is 0 Å². The highest BCUT2D eigenvalue weighted by atomic mass is 16.5. The van der Waals surface area contributed by atoms with E-state index in [0.29, 0.717) is 12.5 Å². The molecular formula is C14H20O2. The van der Waals surface area contributed by atoms with Crippen LogP contribution in [-0.4, -0.2) is 13.7 Å². The Balaban J connectivity index is 2.93. The fraction of sp³-hybridized carbons (Fsp3) is 0.429. The second-order valence-corrected chi connectivity index (χ2v) is 3.77. The predicted molar refractivity (Wildman–Crippen MR) is 67.4 cm³/mol. The largest absolute Gasteiger partial charge is 0.493 e. The van der Waals surface area contributed by atoms with Crippen LogP contribution in [0.1, 0.15) is 31.7 Å². The molecule has 0 radical (unpaired) electrons. The Labute approximate surface area is 97.9 Å². The molecule has 0 bridgehead atoms. The smallest absolute Gasteiger partial charge is 0.161 e. The summed E-state index contributed by atoms with van der Waals surface area (Å²) < 4.78 is 10.8. The van der Waals surface area contributed by atoms with Crippen LogP contribution in [0, 0.1) is 0 Å². The van der Waals surface area contributed by atoms with E-state index in [1.807, 2.05) is 25.1 Å². The molecule has 0 aliphatic carbocycles. The van der Waals surface area contributed by atoms with Crippen LogP contribution in [0.5, 0.6) is 11.5 Å². The summed E-state index contributed by atoms with van der Waals surface area (Å²) in [6.07, 6.45) is 2.91. The van der Waals surface area contributed by atoms with Gasteiger partial charge in [0.05, 0.1) is 13.7 Å². The van der Waals surface area contributed by atoms with E-state index in [4.69, 9.17) is 9.47 Å². The standard InChI is InChI=1S/C14H20O2/c1-5-7-11(3)12-8-9-13(16-6-2)14(10-12)15-4/h5,8-11H,1,6-7H2,2-4H3. The lowest BCUT2D eigenvalue weighted by Crippen LogP contribution is -1.98. The van der Waals surface area contributed by atoms with Gasteiger partial charge in [-0.15, -0.1) is 6.58 Å². The SMILES string of the molecule is C=CCC(C)c1ccc(OCC)c(OC)c1. The van der Waals surface area contributed by atoms with Gasteiger partial charge in [-0.3, -0.25) is 0 Å². The summed E-state index contributed by atoms with van der Waals surface area (Å²) in [5.74, 6) is 2.07. The molecule has 0 aromatic heterocycles. The monoisotopic (exact) mass is 220 g/mol. The summed E-state index contributed by atoms with van der Waals surface area (Å²) >= 11 is 0. The molecule has 0 aliphatic heterocycles. The molecule has 0 aliphatic rings. The fourth-order valence-corrected chi connectivity index (χ4v) is 1.65. The first-order valence-corrected chi connectivity index (χ1v) is 5.64. The minimum Gasteiger partial charge on any atom is -0.493 e. The topological polar surface area (TPSA) is 18.5 Å². The Hall–Kier alpha value is -1.44. The maximum Gasteiger partial charge on any atom is 0.161 e. The van der Waals surface area contributed by atoms with Crippen molar-refractivity contribution in [3.05, 3.63) is 36.4 Å². The van der Waals surface area contributed by atoms with Crippen LogP contribution in [0.15, 0.2) is 30.9 Å². The molecule has 2 heteroatoms. The third-order valence-corrected chi connectivity index (χ3v) is 2.58. The van der Waals surface area contributed by atoms with Gasteiger partial charge in [-0.1, -0.05) is 19.1 Å². The molecule has 0 heterocycles. The molecule has 0 fully saturated rings. The molecule has 1 aromatic rings. The van der Waals surface area contributed by atoms with Gasteiger partial charge in [0.2, 0.25) is 0 Å². The minimum atomic E-state index is 0.460. The van der Waals surface area contributed by atoms with Gasteiger partial charge in [-0.25, -0.2) is 0 Å². The van der Waals surface area contributed by atoms with Crippen molar-refractivity contribution in [2.24, 2.45) is 0 Å². The molecular weight excluding hydrogens is 200 g/mol. The van der Waals surface area contributed by atoms with Crippen LogP contribution in [0.3, 0.4) is 0 Å². The van der Waals surface area contributed by atoms with Gasteiger partial charge in [-0.05, 0) is 37.0 Å². The number of hydrogen-bond donors (Lipinski definition) is 0. The molecule has 0 amide bonds. The first-order chi connectivity index (χ1) is 7.72. The molecule has 88 valence electrons. The van der Waals surface area contributed by atoms with Crippen LogP contribution < -0.4 is 9.47 Å². The van der Waals surface area contributed by atoms with Crippen molar-refractivity contribution in [2.75, 3.05) is 13.7 Å². The van der Waals surface area contributed by atoms with E-state index in [-0.39, 0.29) is 0 Å². The molecule has 16 heavy (non-hydrogen) atoms. The highest BCUT2D eigenvalue weighted by molar-refractivity contribution is 5.43. The van der Waals surface area contributed by atoms with Crippen LogP contribution in [0.4, 0.5) is 0 Å². The Morgan fingerprint density at radius 1 is 1.38 bits per heavy atom. The molecule has 0 saturated carbocycles. The van der Waals surface area contributed by atoms with E-state index in [1.165, 1.54) is 5.56 Å². The number of allylic oxidation sites excluding steroid dienone is 1. The first-order valence-electron chi connectivity index (χ1n) is 5.64. The molecule has 1 aromatic carbocycles. The number of methoxy groups -OCH3 is 1. The van der Waals surface area contributed by atoms with E-state index >= 15 is 0 Å². The molecule has 2 nitrogen and oxygen atoms in total. The summed E-state index contributed by atoms with van der Waals surface area (Å²) in [6.45, 7) is 8.55. The van der Waals surface area contributed by atoms with Gasteiger partial charge in [0.25, 0.3) is 0 Å². The first kappa shape index (κ1) is 12.6. The highest BCUT2D eigenvalue weighted by Crippen LogP contribution is 2.31. The zero-order valence-corrected chi connectivity index (χ0v) is 10.3. The lowest BCUT2D eigenvalue weighted by molar-refractivity contribution is 0.310. The Bertz CT molecular complexity index is 345. The van der Waals surface area contributed by atoms with Crippen molar-refractivity contribution in [3.63, 3.8) is 0 Å². The third kappa shape index (κ3) is 3.02. The fourth-order valence-electron chi connectivity index (χ4n) is 1.65. The van der Waals surface area contributed by atoms with Crippen molar-refractivity contribution in [1.29, 1.82) is 0 Å². The molecule has 0 N–H and O–H groups in total. The number of ether oxygens (including phenoxy) is 2. The van der Waals surface area contributed by atoms with Crippen molar-refractivity contribution < 1.29 is 9.47 Å². The van der Waals surface area contributed by atoms with E-state index in [9.17, 15) is 0 Å². The summed E-state index contributed by atoms with van der Waals surface area (Å²) in [5, 5.41) is 0. The maximum atomic E-state index is 5.48. The number of hydrogen-bond acceptors (Lipinski definition) is 2. The van der Waals surface area contributed by atoms with Gasteiger partial charge >= 0.3 is 0 Å². The summed E-state index contributed by atoms with van der Waals surface area (Å²) in [5.41, 5.74) is 1.25. The average Bonchev–Trinajstić information content (AvgIpc) is 2.30. The van der Waals surface area contributed by atoms with Crippen LogP contribution >= 0.6 is 0 Å². The second kappa shape index (κ2) is 6.21. The lowest BCUT2D eigenvalue weighted by Gasteiger charge is -2.14. The Morgan fingerprint density at radius 3 is 2.69 bits per heavy atom. The van der Waals surface area contributed by atoms with Crippen molar-refractivity contribution in [3.8, 4) is 11.5 Å². The minimum absolute atomic E-state index is 0.460. The predicted octanol–water partition coefficient (Wildman–Crippen LogP) is 3.77. The Kier molecular flexibility index (Phi) is 4.90. The number of benzene rings is 1. The molecule has 1 unspecified atom stereocenters. The van der Waals surface area contributed by atoms with Gasteiger partial charge in [0.15, 0.2) is 11.5 Å². The van der Waals surface area contributed by atoms with Crippen LogP contribution in [-0.2, 0) is 0 Å². The zero-order valence-electron chi connectivity index (χ0n) is 10.3. The van der Waals surface area contributed by atoms with Crippen LogP contribution in [0.25, 0.3) is 0 Å². The van der Waals surface area contributed by atoms with Crippen molar-refractivity contribution in [2.45, 2.75) is 26.2 Å².